The lowest BCUT2D eigenvalue weighted by Crippen LogP contribution is -2.31. The van der Waals surface area contributed by atoms with Gasteiger partial charge in [0.1, 0.15) is 10.8 Å². The Morgan fingerprint density at radius 3 is 2.74 bits per heavy atom. The smallest absolute Gasteiger partial charge is 0.290 e. The summed E-state index contributed by atoms with van der Waals surface area (Å²) in [5, 5.41) is -0.00908. The van der Waals surface area contributed by atoms with E-state index in [1.54, 1.807) is 19.1 Å². The van der Waals surface area contributed by atoms with Crippen molar-refractivity contribution < 1.29 is 18.0 Å². The Labute approximate surface area is 136 Å². The third-order valence-electron chi connectivity index (χ3n) is 3.13. The lowest BCUT2D eigenvalue weighted by molar-refractivity contribution is 0.0748. The fraction of sp³-hybridized carbons (Fsp3) is 0.250. The highest BCUT2D eigenvalue weighted by Gasteiger charge is 2.21. The second kappa shape index (κ2) is 8.01. The first kappa shape index (κ1) is 17.3. The number of halogens is 3. The van der Waals surface area contributed by atoms with E-state index in [1.165, 1.54) is 35.4 Å². The van der Waals surface area contributed by atoms with Gasteiger partial charge in [-0.15, -0.1) is 0 Å². The standard InChI is InChI=1S/C16H15F3N2OS/c1-2-21(10-11-5-3-6-12(17)9-11)15(22)13-7-4-8-20-14(13)23-16(18)19/h3-9,16H,2,10H2,1H3. The van der Waals surface area contributed by atoms with Crippen LogP contribution in [0.25, 0.3) is 0 Å². The predicted octanol–water partition coefficient (Wildman–Crippen LogP) is 4.20. The van der Waals surface area contributed by atoms with Crippen LogP contribution in [0.15, 0.2) is 47.6 Å². The molecule has 1 heterocycles. The molecule has 1 aromatic heterocycles. The second-order valence-corrected chi connectivity index (χ2v) is 5.66. The maximum absolute atomic E-state index is 13.3. The lowest BCUT2D eigenvalue weighted by atomic mass is 10.2. The molecule has 0 bridgehead atoms. The summed E-state index contributed by atoms with van der Waals surface area (Å²) in [7, 11) is 0. The monoisotopic (exact) mass is 340 g/mol. The number of rotatable bonds is 6. The molecule has 122 valence electrons. The molecule has 23 heavy (non-hydrogen) atoms. The Balaban J connectivity index is 2.23. The molecule has 0 unspecified atom stereocenters. The van der Waals surface area contributed by atoms with E-state index in [0.29, 0.717) is 12.1 Å². The minimum absolute atomic E-state index is 0.00908. The van der Waals surface area contributed by atoms with Crippen LogP contribution < -0.4 is 0 Å². The average Bonchev–Trinajstić information content (AvgIpc) is 2.52. The minimum Gasteiger partial charge on any atom is -0.335 e. The van der Waals surface area contributed by atoms with Crippen molar-refractivity contribution in [3.8, 4) is 0 Å². The largest absolute Gasteiger partial charge is 0.335 e. The summed E-state index contributed by atoms with van der Waals surface area (Å²) in [6, 6.07) is 8.92. The second-order valence-electron chi connectivity index (χ2n) is 4.68. The molecule has 0 atom stereocenters. The summed E-state index contributed by atoms with van der Waals surface area (Å²) in [6.07, 6.45) is 1.37. The van der Waals surface area contributed by atoms with Crippen LogP contribution in [0.3, 0.4) is 0 Å². The summed E-state index contributed by atoms with van der Waals surface area (Å²) in [4.78, 5) is 17.9. The Kier molecular flexibility index (Phi) is 6.04. The first-order chi connectivity index (χ1) is 11.0. The van der Waals surface area contributed by atoms with Crippen molar-refractivity contribution in [2.45, 2.75) is 24.3 Å². The Bertz CT molecular complexity index is 682. The first-order valence-corrected chi connectivity index (χ1v) is 7.82. The van der Waals surface area contributed by atoms with Gasteiger partial charge in [-0.25, -0.2) is 9.37 Å². The molecule has 0 aliphatic heterocycles. The number of thioether (sulfide) groups is 1. The van der Waals surface area contributed by atoms with Gasteiger partial charge < -0.3 is 4.90 Å². The van der Waals surface area contributed by atoms with Crippen molar-refractivity contribution in [1.82, 2.24) is 9.88 Å². The molecule has 1 aromatic carbocycles. The normalized spacial score (nSPS) is 10.8. The number of alkyl halides is 2. The fourth-order valence-corrected chi connectivity index (χ4v) is 2.66. The van der Waals surface area contributed by atoms with E-state index in [9.17, 15) is 18.0 Å². The zero-order valence-electron chi connectivity index (χ0n) is 12.4. The maximum atomic E-state index is 13.3. The van der Waals surface area contributed by atoms with E-state index in [-0.39, 0.29) is 34.7 Å². The van der Waals surface area contributed by atoms with Gasteiger partial charge in [0.05, 0.1) is 5.56 Å². The number of nitrogens with zero attached hydrogens (tertiary/aromatic N) is 2. The summed E-state index contributed by atoms with van der Waals surface area (Å²) in [5.41, 5.74) is 0.753. The Morgan fingerprint density at radius 1 is 1.30 bits per heavy atom. The van der Waals surface area contributed by atoms with Crippen LogP contribution in [0.1, 0.15) is 22.8 Å². The summed E-state index contributed by atoms with van der Waals surface area (Å²) in [6.45, 7) is 2.33. The molecule has 2 rings (SSSR count). The fourth-order valence-electron chi connectivity index (χ4n) is 2.09. The number of hydrogen-bond acceptors (Lipinski definition) is 3. The van der Waals surface area contributed by atoms with Gasteiger partial charge in [-0.1, -0.05) is 12.1 Å². The van der Waals surface area contributed by atoms with Crippen LogP contribution in [0.5, 0.6) is 0 Å². The average molecular weight is 340 g/mol. The molecule has 7 heteroatoms. The van der Waals surface area contributed by atoms with E-state index in [0.717, 1.165) is 0 Å². The van der Waals surface area contributed by atoms with Crippen LogP contribution in [0, 0.1) is 5.82 Å². The van der Waals surface area contributed by atoms with Gasteiger partial charge in [0.2, 0.25) is 0 Å². The molecule has 3 nitrogen and oxygen atoms in total. The molecule has 0 radical (unpaired) electrons. The number of aromatic nitrogens is 1. The highest BCUT2D eigenvalue weighted by Crippen LogP contribution is 2.27. The highest BCUT2D eigenvalue weighted by atomic mass is 32.2. The first-order valence-electron chi connectivity index (χ1n) is 6.94. The van der Waals surface area contributed by atoms with Gasteiger partial charge in [-0.05, 0) is 48.5 Å². The molecule has 0 spiro atoms. The SMILES string of the molecule is CCN(Cc1cccc(F)c1)C(=O)c1cccnc1SC(F)F. The third kappa shape index (κ3) is 4.72. The number of pyridine rings is 1. The molecule has 2 aromatic rings. The van der Waals surface area contributed by atoms with Crippen molar-refractivity contribution in [3.05, 3.63) is 59.5 Å². The van der Waals surface area contributed by atoms with E-state index in [4.69, 9.17) is 0 Å². The molecule has 0 saturated heterocycles. The number of carbonyl (C=O) groups excluding carboxylic acids is 1. The van der Waals surface area contributed by atoms with Gasteiger partial charge in [0.15, 0.2) is 0 Å². The molecule has 0 aliphatic carbocycles. The zero-order chi connectivity index (χ0) is 16.8. The quantitative estimate of drug-likeness (QED) is 0.739. The van der Waals surface area contributed by atoms with Crippen LogP contribution in [0.4, 0.5) is 13.2 Å². The van der Waals surface area contributed by atoms with E-state index in [1.807, 2.05) is 0 Å². The Hall–Kier alpha value is -2.02. The minimum atomic E-state index is -2.66. The molecule has 1 amide bonds. The maximum Gasteiger partial charge on any atom is 0.290 e. The summed E-state index contributed by atoms with van der Waals surface area (Å²) in [5.74, 6) is -3.45. The van der Waals surface area contributed by atoms with Gasteiger partial charge in [0, 0.05) is 19.3 Å². The van der Waals surface area contributed by atoms with Crippen LogP contribution >= 0.6 is 11.8 Å². The van der Waals surface area contributed by atoms with Crippen molar-refractivity contribution in [2.75, 3.05) is 6.54 Å². The molecule has 0 saturated carbocycles. The van der Waals surface area contributed by atoms with Crippen LogP contribution in [-0.4, -0.2) is 28.1 Å². The number of carbonyl (C=O) groups is 1. The van der Waals surface area contributed by atoms with Gasteiger partial charge >= 0.3 is 0 Å². The van der Waals surface area contributed by atoms with Gasteiger partial charge in [-0.3, -0.25) is 4.79 Å². The molecule has 0 aliphatic rings. The van der Waals surface area contributed by atoms with Gasteiger partial charge in [0.25, 0.3) is 11.7 Å². The van der Waals surface area contributed by atoms with Crippen molar-refractivity contribution in [1.29, 1.82) is 0 Å². The molecular formula is C16H15F3N2OS. The van der Waals surface area contributed by atoms with Crippen molar-refractivity contribution in [2.24, 2.45) is 0 Å². The molecular weight excluding hydrogens is 325 g/mol. The lowest BCUT2D eigenvalue weighted by Gasteiger charge is -2.22. The van der Waals surface area contributed by atoms with Crippen LogP contribution in [-0.2, 0) is 6.54 Å². The summed E-state index contributed by atoms with van der Waals surface area (Å²) < 4.78 is 38.4. The van der Waals surface area contributed by atoms with Gasteiger partial charge in [-0.2, -0.15) is 8.78 Å². The number of hydrogen-bond donors (Lipinski definition) is 0. The van der Waals surface area contributed by atoms with E-state index in [2.05, 4.69) is 4.98 Å². The molecule has 0 fully saturated rings. The van der Waals surface area contributed by atoms with Crippen molar-refractivity contribution in [3.63, 3.8) is 0 Å². The Morgan fingerprint density at radius 2 is 2.09 bits per heavy atom. The van der Waals surface area contributed by atoms with Crippen molar-refractivity contribution >= 4 is 17.7 Å². The van der Waals surface area contributed by atoms with E-state index >= 15 is 0 Å². The zero-order valence-corrected chi connectivity index (χ0v) is 13.2. The number of amides is 1. The summed E-state index contributed by atoms with van der Waals surface area (Å²) >= 11 is 0.238. The predicted molar refractivity (Wildman–Crippen MR) is 82.9 cm³/mol. The number of benzene rings is 1. The molecule has 0 N–H and O–H groups in total. The third-order valence-corrected chi connectivity index (χ3v) is 3.86. The topological polar surface area (TPSA) is 33.2 Å². The van der Waals surface area contributed by atoms with Crippen LogP contribution in [0.2, 0.25) is 0 Å². The van der Waals surface area contributed by atoms with E-state index < -0.39 is 11.7 Å². The highest BCUT2D eigenvalue weighted by molar-refractivity contribution is 7.99.